The van der Waals surface area contributed by atoms with E-state index >= 15 is 0 Å². The average Bonchev–Trinajstić information content (AvgIpc) is 3.40. The summed E-state index contributed by atoms with van der Waals surface area (Å²) in [5, 5.41) is 1.79. The number of allylic oxidation sites excluding steroid dienone is 1. The van der Waals surface area contributed by atoms with E-state index in [1.165, 1.54) is 18.2 Å². The third kappa shape index (κ3) is 2.73. The summed E-state index contributed by atoms with van der Waals surface area (Å²) in [5.74, 6) is -0.466. The van der Waals surface area contributed by atoms with Crippen LogP contribution >= 0.6 is 0 Å². The first-order valence-corrected chi connectivity index (χ1v) is 9.57. The molecule has 0 radical (unpaired) electrons. The van der Waals surface area contributed by atoms with E-state index in [2.05, 4.69) is 4.98 Å². The Labute approximate surface area is 174 Å². The highest BCUT2D eigenvalue weighted by atomic mass is 19.1. The second-order valence-corrected chi connectivity index (χ2v) is 7.30. The molecule has 1 aliphatic rings. The molecule has 0 aliphatic heterocycles. The number of nitrogens with zero attached hydrogens (tertiary/aromatic N) is 1. The Morgan fingerprint density at radius 2 is 1.45 bits per heavy atom. The van der Waals surface area contributed by atoms with Gasteiger partial charge < -0.3 is 8.83 Å². The fourth-order valence-corrected chi connectivity index (χ4v) is 3.83. The molecule has 0 spiro atoms. The van der Waals surface area contributed by atoms with E-state index in [0.29, 0.717) is 28.0 Å². The van der Waals surface area contributed by atoms with E-state index in [0.717, 1.165) is 10.8 Å². The van der Waals surface area contributed by atoms with Crippen LogP contribution in [-0.4, -0.2) is 16.6 Å². The van der Waals surface area contributed by atoms with Gasteiger partial charge in [-0.3, -0.25) is 9.59 Å². The SMILES string of the molecule is O=C1C(=Cc2nc3oc(-c4ccc(F)cc4)cc3o2)C(=O)c2cc3ccccc3cc21. The molecule has 6 heteroatoms. The van der Waals surface area contributed by atoms with Crippen LogP contribution in [0.2, 0.25) is 0 Å². The summed E-state index contributed by atoms with van der Waals surface area (Å²) in [6.45, 7) is 0. The standard InChI is InChI=1S/C25H12FNO4/c26-16-7-5-13(6-8-16)20-12-21-25(31-20)27-22(30-21)11-19-23(28)17-9-14-3-1-2-4-15(14)10-18(17)24(19)29/h1-12H. The van der Waals surface area contributed by atoms with Crippen molar-refractivity contribution in [3.05, 3.63) is 95.1 Å². The largest absolute Gasteiger partial charge is 0.435 e. The zero-order valence-electron chi connectivity index (χ0n) is 15.9. The Morgan fingerprint density at radius 1 is 0.806 bits per heavy atom. The van der Waals surface area contributed by atoms with Crippen LogP contribution in [0.25, 0.3) is 39.5 Å². The second kappa shape index (κ2) is 6.34. The summed E-state index contributed by atoms with van der Waals surface area (Å²) in [7, 11) is 0. The Morgan fingerprint density at radius 3 is 2.06 bits per heavy atom. The second-order valence-electron chi connectivity index (χ2n) is 7.30. The van der Waals surface area contributed by atoms with Crippen molar-refractivity contribution in [1.82, 2.24) is 4.98 Å². The minimum atomic E-state index is -0.354. The number of halogens is 1. The maximum atomic E-state index is 13.1. The quantitative estimate of drug-likeness (QED) is 0.270. The van der Waals surface area contributed by atoms with Gasteiger partial charge in [0.1, 0.15) is 11.6 Å². The lowest BCUT2D eigenvalue weighted by molar-refractivity contribution is 0.0990. The summed E-state index contributed by atoms with van der Waals surface area (Å²) >= 11 is 0. The van der Waals surface area contributed by atoms with Crippen LogP contribution in [0.1, 0.15) is 26.6 Å². The van der Waals surface area contributed by atoms with Crippen LogP contribution in [0.5, 0.6) is 0 Å². The number of furan rings is 1. The fourth-order valence-electron chi connectivity index (χ4n) is 3.83. The first-order chi connectivity index (χ1) is 15.1. The minimum absolute atomic E-state index is 0.00738. The lowest BCUT2D eigenvalue weighted by Crippen LogP contribution is -2.00. The van der Waals surface area contributed by atoms with Gasteiger partial charge in [0, 0.05) is 28.8 Å². The molecule has 0 unspecified atom stereocenters. The molecule has 0 fully saturated rings. The van der Waals surface area contributed by atoms with Crippen LogP contribution in [0.15, 0.2) is 81.1 Å². The normalized spacial score (nSPS) is 13.4. The molecule has 5 nitrogen and oxygen atoms in total. The Bertz CT molecular complexity index is 1480. The lowest BCUT2D eigenvalue weighted by atomic mass is 10.0. The van der Waals surface area contributed by atoms with Gasteiger partial charge >= 0.3 is 0 Å². The van der Waals surface area contributed by atoms with Crippen molar-refractivity contribution in [3.63, 3.8) is 0 Å². The molecule has 0 N–H and O–H groups in total. The first-order valence-electron chi connectivity index (χ1n) is 9.57. The molecule has 0 saturated carbocycles. The van der Waals surface area contributed by atoms with Crippen LogP contribution in [0.4, 0.5) is 4.39 Å². The van der Waals surface area contributed by atoms with Gasteiger partial charge in [-0.1, -0.05) is 24.3 Å². The minimum Gasteiger partial charge on any atom is -0.435 e. The highest BCUT2D eigenvalue weighted by Crippen LogP contribution is 2.33. The fraction of sp³-hybridized carbons (Fsp3) is 0. The molecule has 0 saturated heterocycles. The molecule has 3 aromatic carbocycles. The number of hydrogen-bond acceptors (Lipinski definition) is 5. The number of fused-ring (bicyclic) bond motifs is 3. The van der Waals surface area contributed by atoms with Crippen molar-refractivity contribution >= 4 is 39.7 Å². The molecule has 148 valence electrons. The third-order valence-corrected chi connectivity index (χ3v) is 5.37. The molecule has 5 aromatic rings. The number of carbonyl (C=O) groups is 2. The zero-order chi connectivity index (χ0) is 21.1. The molecule has 0 amide bonds. The van der Waals surface area contributed by atoms with E-state index in [9.17, 15) is 14.0 Å². The number of aromatic nitrogens is 1. The van der Waals surface area contributed by atoms with Crippen molar-refractivity contribution in [2.45, 2.75) is 0 Å². The Hall–Kier alpha value is -4.32. The summed E-state index contributed by atoms with van der Waals surface area (Å²) < 4.78 is 24.5. The summed E-state index contributed by atoms with van der Waals surface area (Å²) in [4.78, 5) is 30.0. The van der Waals surface area contributed by atoms with E-state index < -0.39 is 0 Å². The molecule has 0 atom stereocenters. The van der Waals surface area contributed by atoms with Gasteiger partial charge in [0.15, 0.2) is 17.1 Å². The average molecular weight is 409 g/mol. The number of benzene rings is 3. The summed E-state index contributed by atoms with van der Waals surface area (Å²) in [5.41, 5.74) is 2.04. The lowest BCUT2D eigenvalue weighted by Gasteiger charge is -2.00. The maximum absolute atomic E-state index is 13.1. The van der Waals surface area contributed by atoms with Crippen molar-refractivity contribution < 1.29 is 22.8 Å². The number of ketones is 2. The Kier molecular flexibility index (Phi) is 3.58. The number of rotatable bonds is 2. The molecular formula is C25H12FNO4. The number of hydrogen-bond donors (Lipinski definition) is 0. The summed E-state index contributed by atoms with van der Waals surface area (Å²) in [6.07, 6.45) is 1.35. The number of Topliss-reactive ketones (excluding diaryl/α,β-unsaturated/α-hetero) is 2. The van der Waals surface area contributed by atoms with Crippen LogP contribution < -0.4 is 0 Å². The third-order valence-electron chi connectivity index (χ3n) is 5.37. The highest BCUT2D eigenvalue weighted by molar-refractivity contribution is 6.41. The van der Waals surface area contributed by atoms with Crippen LogP contribution in [0.3, 0.4) is 0 Å². The molecule has 0 bridgehead atoms. The highest BCUT2D eigenvalue weighted by Gasteiger charge is 2.34. The smallest absolute Gasteiger partial charge is 0.266 e. The van der Waals surface area contributed by atoms with E-state index in [4.69, 9.17) is 8.83 Å². The number of carbonyl (C=O) groups excluding carboxylic acids is 2. The topological polar surface area (TPSA) is 73.3 Å². The molecule has 1 aliphatic carbocycles. The first kappa shape index (κ1) is 17.5. The van der Waals surface area contributed by atoms with Crippen molar-refractivity contribution in [2.75, 3.05) is 0 Å². The molecule has 31 heavy (non-hydrogen) atoms. The van der Waals surface area contributed by atoms with E-state index in [-0.39, 0.29) is 34.6 Å². The van der Waals surface area contributed by atoms with Crippen molar-refractivity contribution in [3.8, 4) is 11.3 Å². The van der Waals surface area contributed by atoms with Gasteiger partial charge in [0.2, 0.25) is 5.89 Å². The van der Waals surface area contributed by atoms with Gasteiger partial charge in [-0.25, -0.2) is 4.39 Å². The van der Waals surface area contributed by atoms with Gasteiger partial charge in [0.25, 0.3) is 5.71 Å². The predicted molar refractivity (Wildman–Crippen MR) is 112 cm³/mol. The number of oxazole rings is 1. The van der Waals surface area contributed by atoms with Gasteiger partial charge in [-0.15, -0.1) is 0 Å². The van der Waals surface area contributed by atoms with Crippen LogP contribution in [-0.2, 0) is 0 Å². The summed E-state index contributed by atoms with van der Waals surface area (Å²) in [6, 6.07) is 18.5. The monoisotopic (exact) mass is 409 g/mol. The van der Waals surface area contributed by atoms with Gasteiger partial charge in [0.05, 0.1) is 5.57 Å². The van der Waals surface area contributed by atoms with E-state index in [1.54, 1.807) is 30.3 Å². The van der Waals surface area contributed by atoms with Crippen molar-refractivity contribution in [1.29, 1.82) is 0 Å². The van der Waals surface area contributed by atoms with Crippen molar-refractivity contribution in [2.24, 2.45) is 0 Å². The van der Waals surface area contributed by atoms with Gasteiger partial charge in [-0.2, -0.15) is 4.98 Å². The molecule has 2 aromatic heterocycles. The molecule has 6 rings (SSSR count). The predicted octanol–water partition coefficient (Wildman–Crippen LogP) is 5.84. The maximum Gasteiger partial charge on any atom is 0.266 e. The van der Waals surface area contributed by atoms with Gasteiger partial charge in [-0.05, 0) is 47.2 Å². The molecule has 2 heterocycles. The van der Waals surface area contributed by atoms with E-state index in [1.807, 2.05) is 24.3 Å². The van der Waals surface area contributed by atoms with Crippen LogP contribution in [0, 0.1) is 5.82 Å². The Balaban J connectivity index is 1.38. The molecular weight excluding hydrogens is 397 g/mol. The zero-order valence-corrected chi connectivity index (χ0v) is 15.9.